The van der Waals surface area contributed by atoms with Crippen LogP contribution in [-0.2, 0) is 0 Å². The van der Waals surface area contributed by atoms with Crippen LogP contribution < -0.4 is 4.90 Å². The predicted molar refractivity (Wildman–Crippen MR) is 57.8 cm³/mol. The average molecular weight is 192 g/mol. The molecule has 1 aromatic carbocycles. The lowest BCUT2D eigenvalue weighted by Crippen LogP contribution is -2.12. The fourth-order valence-electron chi connectivity index (χ4n) is 1.39. The Balaban J connectivity index is 2.57. The van der Waals surface area contributed by atoms with Crippen molar-refractivity contribution in [3.8, 4) is 0 Å². The molecule has 0 spiro atoms. The van der Waals surface area contributed by atoms with E-state index in [1.807, 2.05) is 36.2 Å². The van der Waals surface area contributed by atoms with Crippen molar-refractivity contribution >= 4 is 23.4 Å². The first-order valence-corrected chi connectivity index (χ1v) is 4.53. The Labute approximate surface area is 82.9 Å². The standard InChI is InChI=1S/C11H10ClN/c1-13-10-7-3-2-5-9(10)6-4-8-11(13)12/h2-8H,1H3. The molecule has 1 heterocycles. The number of benzene rings is 1. The second-order valence-electron chi connectivity index (χ2n) is 2.97. The highest BCUT2D eigenvalue weighted by atomic mass is 35.5. The van der Waals surface area contributed by atoms with Gasteiger partial charge in [-0.1, -0.05) is 42.0 Å². The molecule has 0 amide bonds. The second kappa shape index (κ2) is 3.27. The van der Waals surface area contributed by atoms with Gasteiger partial charge in [-0.2, -0.15) is 0 Å². The first-order chi connectivity index (χ1) is 6.29. The summed E-state index contributed by atoms with van der Waals surface area (Å²) in [6.45, 7) is 0. The molecule has 0 aromatic heterocycles. The van der Waals surface area contributed by atoms with Gasteiger partial charge in [0.15, 0.2) is 0 Å². The number of para-hydroxylation sites is 1. The monoisotopic (exact) mass is 191 g/mol. The van der Waals surface area contributed by atoms with Gasteiger partial charge in [0.2, 0.25) is 0 Å². The first-order valence-electron chi connectivity index (χ1n) is 4.15. The van der Waals surface area contributed by atoms with Gasteiger partial charge >= 0.3 is 0 Å². The van der Waals surface area contributed by atoms with Crippen LogP contribution in [0.4, 0.5) is 5.69 Å². The van der Waals surface area contributed by atoms with E-state index < -0.39 is 0 Å². The van der Waals surface area contributed by atoms with Gasteiger partial charge in [-0.15, -0.1) is 0 Å². The van der Waals surface area contributed by atoms with E-state index in [0.717, 1.165) is 10.8 Å². The van der Waals surface area contributed by atoms with Crippen LogP contribution in [0.5, 0.6) is 0 Å². The lowest BCUT2D eigenvalue weighted by Gasteiger charge is -2.18. The summed E-state index contributed by atoms with van der Waals surface area (Å²) < 4.78 is 0. The average Bonchev–Trinajstić information content (AvgIpc) is 2.29. The number of rotatable bonds is 0. The van der Waals surface area contributed by atoms with Gasteiger partial charge in [0.1, 0.15) is 5.16 Å². The van der Waals surface area contributed by atoms with Crippen molar-refractivity contribution in [1.82, 2.24) is 0 Å². The molecular formula is C11H10ClN. The molecular weight excluding hydrogens is 182 g/mol. The zero-order chi connectivity index (χ0) is 9.26. The Morgan fingerprint density at radius 3 is 2.85 bits per heavy atom. The van der Waals surface area contributed by atoms with Gasteiger partial charge in [0.05, 0.1) is 0 Å². The summed E-state index contributed by atoms with van der Waals surface area (Å²) in [5, 5.41) is 0.737. The molecule has 1 aromatic rings. The fourth-order valence-corrected chi connectivity index (χ4v) is 1.56. The third-order valence-electron chi connectivity index (χ3n) is 2.13. The highest BCUT2D eigenvalue weighted by molar-refractivity contribution is 6.31. The summed E-state index contributed by atoms with van der Waals surface area (Å²) in [5.41, 5.74) is 2.33. The quantitative estimate of drug-likeness (QED) is 0.570. The Hall–Kier alpha value is -1.21. The van der Waals surface area contributed by atoms with Crippen LogP contribution in [0.2, 0.25) is 0 Å². The van der Waals surface area contributed by atoms with Gasteiger partial charge in [-0.3, -0.25) is 0 Å². The SMILES string of the molecule is CN1C(Cl)=CC=Cc2ccccc21. The third-order valence-corrected chi connectivity index (χ3v) is 2.51. The summed E-state index contributed by atoms with van der Waals surface area (Å²) in [5.74, 6) is 0. The zero-order valence-electron chi connectivity index (χ0n) is 7.37. The fraction of sp³-hybridized carbons (Fsp3) is 0.0909. The van der Waals surface area contributed by atoms with Crippen molar-refractivity contribution in [1.29, 1.82) is 0 Å². The molecule has 0 atom stereocenters. The Morgan fingerprint density at radius 1 is 1.23 bits per heavy atom. The minimum atomic E-state index is 0.737. The van der Waals surface area contributed by atoms with Crippen molar-refractivity contribution in [2.45, 2.75) is 0 Å². The van der Waals surface area contributed by atoms with E-state index in [0.29, 0.717) is 0 Å². The summed E-state index contributed by atoms with van der Waals surface area (Å²) >= 11 is 6.04. The number of anilines is 1. The highest BCUT2D eigenvalue weighted by Gasteiger charge is 2.08. The number of nitrogens with zero attached hydrogens (tertiary/aromatic N) is 1. The molecule has 0 radical (unpaired) electrons. The predicted octanol–water partition coefficient (Wildman–Crippen LogP) is 3.23. The largest absolute Gasteiger partial charge is 0.335 e. The molecule has 0 saturated heterocycles. The van der Waals surface area contributed by atoms with E-state index in [4.69, 9.17) is 11.6 Å². The molecule has 0 aliphatic carbocycles. The van der Waals surface area contributed by atoms with Gasteiger partial charge in [0, 0.05) is 12.7 Å². The van der Waals surface area contributed by atoms with Crippen LogP contribution in [0.25, 0.3) is 6.08 Å². The third kappa shape index (κ3) is 1.47. The lowest BCUT2D eigenvalue weighted by molar-refractivity contribution is 1.18. The van der Waals surface area contributed by atoms with E-state index in [-0.39, 0.29) is 0 Å². The van der Waals surface area contributed by atoms with E-state index in [9.17, 15) is 0 Å². The summed E-state index contributed by atoms with van der Waals surface area (Å²) in [6.07, 6.45) is 5.91. The van der Waals surface area contributed by atoms with Gasteiger partial charge < -0.3 is 4.90 Å². The molecule has 2 heteroatoms. The molecule has 1 aliphatic heterocycles. The van der Waals surface area contributed by atoms with Crippen molar-refractivity contribution in [2.24, 2.45) is 0 Å². The molecule has 0 unspecified atom stereocenters. The van der Waals surface area contributed by atoms with Crippen LogP contribution in [0.1, 0.15) is 5.56 Å². The van der Waals surface area contributed by atoms with Gasteiger partial charge in [-0.25, -0.2) is 0 Å². The summed E-state index contributed by atoms with van der Waals surface area (Å²) in [6, 6.07) is 8.17. The maximum absolute atomic E-state index is 6.04. The van der Waals surface area contributed by atoms with Crippen LogP contribution in [-0.4, -0.2) is 7.05 Å². The van der Waals surface area contributed by atoms with E-state index >= 15 is 0 Å². The van der Waals surface area contributed by atoms with E-state index in [2.05, 4.69) is 18.2 Å². The minimum absolute atomic E-state index is 0.737. The van der Waals surface area contributed by atoms with Crippen molar-refractivity contribution in [3.05, 3.63) is 47.1 Å². The Morgan fingerprint density at radius 2 is 2.00 bits per heavy atom. The van der Waals surface area contributed by atoms with Crippen LogP contribution >= 0.6 is 11.6 Å². The van der Waals surface area contributed by atoms with Crippen LogP contribution in [0.3, 0.4) is 0 Å². The Kier molecular flexibility index (Phi) is 2.11. The van der Waals surface area contributed by atoms with E-state index in [1.165, 1.54) is 5.56 Å². The number of hydrogen-bond donors (Lipinski definition) is 0. The van der Waals surface area contributed by atoms with Gasteiger partial charge in [0.25, 0.3) is 0 Å². The molecule has 0 N–H and O–H groups in total. The van der Waals surface area contributed by atoms with Crippen molar-refractivity contribution in [3.63, 3.8) is 0 Å². The smallest absolute Gasteiger partial charge is 0.109 e. The summed E-state index contributed by atoms with van der Waals surface area (Å²) in [7, 11) is 1.96. The molecule has 66 valence electrons. The number of halogens is 1. The zero-order valence-corrected chi connectivity index (χ0v) is 8.12. The molecule has 13 heavy (non-hydrogen) atoms. The number of fused-ring (bicyclic) bond motifs is 1. The molecule has 0 saturated carbocycles. The highest BCUT2D eigenvalue weighted by Crippen LogP contribution is 2.27. The normalized spacial score (nSPS) is 14.9. The van der Waals surface area contributed by atoms with Crippen molar-refractivity contribution < 1.29 is 0 Å². The minimum Gasteiger partial charge on any atom is -0.335 e. The Bertz CT molecular complexity index is 379. The molecule has 0 bridgehead atoms. The topological polar surface area (TPSA) is 3.24 Å². The molecule has 1 aliphatic rings. The van der Waals surface area contributed by atoms with Crippen LogP contribution in [0.15, 0.2) is 41.6 Å². The van der Waals surface area contributed by atoms with Crippen molar-refractivity contribution in [2.75, 3.05) is 11.9 Å². The second-order valence-corrected chi connectivity index (χ2v) is 3.35. The molecule has 1 nitrogen and oxygen atoms in total. The molecule has 2 rings (SSSR count). The van der Waals surface area contributed by atoms with E-state index in [1.54, 1.807) is 0 Å². The number of hydrogen-bond acceptors (Lipinski definition) is 1. The maximum Gasteiger partial charge on any atom is 0.109 e. The maximum atomic E-state index is 6.04. The summed E-state index contributed by atoms with van der Waals surface area (Å²) in [4.78, 5) is 1.97. The lowest BCUT2D eigenvalue weighted by atomic mass is 10.1. The van der Waals surface area contributed by atoms with Gasteiger partial charge in [-0.05, 0) is 17.7 Å². The van der Waals surface area contributed by atoms with Crippen LogP contribution in [0, 0.1) is 0 Å². The molecule has 0 fully saturated rings. The first kappa shape index (κ1) is 8.39. The number of allylic oxidation sites excluding steroid dienone is 2.